The third-order valence-electron chi connectivity index (χ3n) is 6.11. The maximum atomic E-state index is 12.4. The second kappa shape index (κ2) is 4.89. The maximum Gasteiger partial charge on any atom is 0.316 e. The first-order valence-corrected chi connectivity index (χ1v) is 8.29. The molecule has 4 fully saturated rings. The second-order valence-corrected chi connectivity index (χ2v) is 7.88. The van der Waals surface area contributed by atoms with E-state index in [1.165, 1.54) is 19.3 Å². The molecule has 1 unspecified atom stereocenters. The van der Waals surface area contributed by atoms with Crippen LogP contribution >= 0.6 is 0 Å². The van der Waals surface area contributed by atoms with Gasteiger partial charge in [0.15, 0.2) is 0 Å². The van der Waals surface area contributed by atoms with Gasteiger partial charge in [0.2, 0.25) is 0 Å². The minimum atomic E-state index is -0.744. The number of rotatable bonds is 4. The van der Waals surface area contributed by atoms with Crippen molar-refractivity contribution in [3.8, 4) is 0 Å². The van der Waals surface area contributed by atoms with Crippen molar-refractivity contribution in [2.24, 2.45) is 23.5 Å². The Bertz CT molecular complexity index is 426. The molecular formula is C16H28N4O. The van der Waals surface area contributed by atoms with E-state index in [2.05, 4.69) is 10.6 Å². The van der Waals surface area contributed by atoms with Crippen LogP contribution in [0.5, 0.6) is 0 Å². The number of urea groups is 1. The van der Waals surface area contributed by atoms with E-state index in [1.807, 2.05) is 13.8 Å². The van der Waals surface area contributed by atoms with Crippen LogP contribution in [0.15, 0.2) is 0 Å². The van der Waals surface area contributed by atoms with Crippen molar-refractivity contribution >= 4 is 11.9 Å². The van der Waals surface area contributed by atoms with E-state index in [1.54, 1.807) is 0 Å². The van der Waals surface area contributed by atoms with Gasteiger partial charge in [0.1, 0.15) is 5.84 Å². The van der Waals surface area contributed by atoms with Crippen molar-refractivity contribution in [2.75, 3.05) is 0 Å². The molecule has 0 heterocycles. The lowest BCUT2D eigenvalue weighted by Crippen LogP contribution is -2.65. The van der Waals surface area contributed by atoms with Crippen molar-refractivity contribution in [3.05, 3.63) is 0 Å². The van der Waals surface area contributed by atoms with Crippen LogP contribution in [0.25, 0.3) is 0 Å². The second-order valence-electron chi connectivity index (χ2n) is 7.88. The van der Waals surface area contributed by atoms with Crippen LogP contribution in [0.2, 0.25) is 0 Å². The smallest absolute Gasteiger partial charge is 0.316 e. The summed E-state index contributed by atoms with van der Waals surface area (Å²) in [6.07, 6.45) is 8.12. The zero-order valence-corrected chi connectivity index (χ0v) is 13.2. The van der Waals surface area contributed by atoms with Gasteiger partial charge in [0.05, 0.1) is 5.54 Å². The lowest BCUT2D eigenvalue weighted by Gasteiger charge is -2.57. The topological polar surface area (TPSA) is 91.0 Å². The van der Waals surface area contributed by atoms with E-state index in [-0.39, 0.29) is 17.4 Å². The van der Waals surface area contributed by atoms with Crippen molar-refractivity contribution in [1.82, 2.24) is 10.6 Å². The first-order chi connectivity index (χ1) is 9.84. The van der Waals surface area contributed by atoms with Gasteiger partial charge in [0, 0.05) is 5.54 Å². The largest absolute Gasteiger partial charge is 0.386 e. The number of amidine groups is 1. The van der Waals surface area contributed by atoms with E-state index in [4.69, 9.17) is 11.1 Å². The molecule has 4 aliphatic carbocycles. The summed E-state index contributed by atoms with van der Waals surface area (Å²) >= 11 is 0. The van der Waals surface area contributed by atoms with Gasteiger partial charge in [-0.05, 0) is 69.6 Å². The summed E-state index contributed by atoms with van der Waals surface area (Å²) in [6.45, 7) is 3.75. The highest BCUT2D eigenvalue weighted by atomic mass is 16.2. The molecule has 2 amide bonds. The molecule has 21 heavy (non-hydrogen) atoms. The monoisotopic (exact) mass is 292 g/mol. The SMILES string of the molecule is CCC(C)(NC(=O)NC12CC3CC(CC(C3)C1)C2)C(=N)N. The quantitative estimate of drug-likeness (QED) is 0.473. The van der Waals surface area contributed by atoms with Gasteiger partial charge in [-0.15, -0.1) is 0 Å². The predicted octanol–water partition coefficient (Wildman–Crippen LogP) is 2.36. The Morgan fingerprint density at radius 3 is 2.10 bits per heavy atom. The molecule has 0 aliphatic heterocycles. The number of amides is 2. The number of nitrogens with two attached hydrogens (primary N) is 1. The molecule has 4 aliphatic rings. The van der Waals surface area contributed by atoms with Gasteiger partial charge in [-0.2, -0.15) is 0 Å². The first-order valence-electron chi connectivity index (χ1n) is 8.29. The van der Waals surface area contributed by atoms with Crippen LogP contribution in [0.4, 0.5) is 4.79 Å². The molecule has 5 nitrogen and oxygen atoms in total. The Morgan fingerprint density at radius 1 is 1.24 bits per heavy atom. The van der Waals surface area contributed by atoms with Crippen LogP contribution in [-0.4, -0.2) is 22.9 Å². The van der Waals surface area contributed by atoms with Gasteiger partial charge < -0.3 is 16.4 Å². The molecular weight excluding hydrogens is 264 g/mol. The number of hydrogen-bond donors (Lipinski definition) is 4. The van der Waals surface area contributed by atoms with Crippen molar-refractivity contribution < 1.29 is 4.79 Å². The van der Waals surface area contributed by atoms with Crippen LogP contribution in [-0.2, 0) is 0 Å². The highest BCUT2D eigenvalue weighted by Crippen LogP contribution is 2.55. The zero-order chi connectivity index (χ0) is 15.3. The molecule has 5 N–H and O–H groups in total. The minimum Gasteiger partial charge on any atom is -0.386 e. The summed E-state index contributed by atoms with van der Waals surface area (Å²) in [4.78, 5) is 12.4. The van der Waals surface area contributed by atoms with E-state index in [0.717, 1.165) is 37.0 Å². The van der Waals surface area contributed by atoms with Gasteiger partial charge in [-0.1, -0.05) is 6.92 Å². The summed E-state index contributed by atoms with van der Waals surface area (Å²) in [5, 5.41) is 13.9. The normalized spacial score (nSPS) is 39.6. The molecule has 118 valence electrons. The molecule has 4 rings (SSSR count). The van der Waals surface area contributed by atoms with Gasteiger partial charge in [0.25, 0.3) is 0 Å². The molecule has 0 aromatic carbocycles. The number of carbonyl (C=O) groups is 1. The fourth-order valence-corrected chi connectivity index (χ4v) is 5.13. The fourth-order valence-electron chi connectivity index (χ4n) is 5.13. The minimum absolute atomic E-state index is 0.00424. The molecule has 0 saturated heterocycles. The average molecular weight is 292 g/mol. The maximum absolute atomic E-state index is 12.4. The highest BCUT2D eigenvalue weighted by molar-refractivity contribution is 5.91. The lowest BCUT2D eigenvalue weighted by molar-refractivity contribution is -0.0137. The van der Waals surface area contributed by atoms with E-state index in [0.29, 0.717) is 6.42 Å². The number of nitrogens with one attached hydrogen (secondary N) is 3. The predicted molar refractivity (Wildman–Crippen MR) is 83.2 cm³/mol. The summed E-state index contributed by atoms with van der Waals surface area (Å²) in [5.74, 6) is 2.44. The molecule has 0 aromatic heterocycles. The lowest BCUT2D eigenvalue weighted by atomic mass is 9.53. The van der Waals surface area contributed by atoms with Crippen molar-refractivity contribution in [1.29, 1.82) is 5.41 Å². The Morgan fingerprint density at radius 2 is 1.71 bits per heavy atom. The third-order valence-corrected chi connectivity index (χ3v) is 6.11. The number of hydrogen-bond acceptors (Lipinski definition) is 2. The summed E-state index contributed by atoms with van der Waals surface area (Å²) in [5.41, 5.74) is 4.89. The molecule has 0 radical (unpaired) electrons. The zero-order valence-electron chi connectivity index (χ0n) is 13.2. The first kappa shape index (κ1) is 14.7. The molecule has 0 aromatic rings. The van der Waals surface area contributed by atoms with Gasteiger partial charge >= 0.3 is 6.03 Å². The average Bonchev–Trinajstić information content (AvgIpc) is 2.35. The molecule has 0 spiro atoms. The Balaban J connectivity index is 1.66. The Hall–Kier alpha value is -1.26. The van der Waals surface area contributed by atoms with Crippen molar-refractivity contribution in [3.63, 3.8) is 0 Å². The fraction of sp³-hybridized carbons (Fsp3) is 0.875. The molecule has 4 bridgehead atoms. The standard InChI is InChI=1S/C16H28N4O/c1-3-15(2,13(17)18)19-14(21)20-16-7-10-4-11(8-16)6-12(5-10)9-16/h10-12H,3-9H2,1-2H3,(H3,17,18)(H2,19,20,21). The summed E-state index contributed by atoms with van der Waals surface area (Å²) in [6, 6.07) is -0.156. The molecule has 5 heteroatoms. The van der Waals surface area contributed by atoms with Gasteiger partial charge in [-0.25, -0.2) is 4.79 Å². The van der Waals surface area contributed by atoms with Crippen LogP contribution in [0.3, 0.4) is 0 Å². The Labute approximate surface area is 126 Å². The highest BCUT2D eigenvalue weighted by Gasteiger charge is 2.51. The van der Waals surface area contributed by atoms with Crippen LogP contribution in [0, 0.1) is 23.2 Å². The van der Waals surface area contributed by atoms with E-state index < -0.39 is 5.54 Å². The summed E-state index contributed by atoms with van der Waals surface area (Å²) in [7, 11) is 0. The molecule has 4 saturated carbocycles. The van der Waals surface area contributed by atoms with Gasteiger partial charge in [-0.3, -0.25) is 5.41 Å². The van der Waals surface area contributed by atoms with Crippen molar-refractivity contribution in [2.45, 2.75) is 69.9 Å². The number of carbonyl (C=O) groups excluding carboxylic acids is 1. The van der Waals surface area contributed by atoms with E-state index in [9.17, 15) is 4.79 Å². The van der Waals surface area contributed by atoms with Crippen LogP contribution < -0.4 is 16.4 Å². The summed E-state index contributed by atoms with van der Waals surface area (Å²) < 4.78 is 0. The Kier molecular flexibility index (Phi) is 3.41. The third kappa shape index (κ3) is 2.62. The van der Waals surface area contributed by atoms with E-state index >= 15 is 0 Å². The van der Waals surface area contributed by atoms with Crippen LogP contribution in [0.1, 0.15) is 58.8 Å². The molecule has 1 atom stereocenters.